The molecule has 0 aromatic carbocycles. The third-order valence-electron chi connectivity index (χ3n) is 3.04. The van der Waals surface area contributed by atoms with Gasteiger partial charge in [-0.15, -0.1) is 0 Å². The predicted octanol–water partition coefficient (Wildman–Crippen LogP) is 1.26. The molecule has 1 aliphatic heterocycles. The molecule has 1 unspecified atom stereocenters. The van der Waals surface area contributed by atoms with Crippen molar-refractivity contribution in [1.82, 2.24) is 9.88 Å². The molecule has 0 N–H and O–H groups in total. The van der Waals surface area contributed by atoms with Gasteiger partial charge in [-0.2, -0.15) is 0 Å². The van der Waals surface area contributed by atoms with Crippen LogP contribution in [0.5, 0.6) is 5.75 Å². The Kier molecular flexibility index (Phi) is 3.81. The van der Waals surface area contributed by atoms with E-state index >= 15 is 0 Å². The molecule has 1 amide bonds. The van der Waals surface area contributed by atoms with Crippen molar-refractivity contribution in [2.75, 3.05) is 26.8 Å². The fraction of sp³-hybridized carbons (Fsp3) is 0.538. The van der Waals surface area contributed by atoms with Crippen molar-refractivity contribution in [3.63, 3.8) is 0 Å². The number of methoxy groups -OCH3 is 1. The lowest BCUT2D eigenvalue weighted by atomic mass is 10.2. The van der Waals surface area contributed by atoms with Crippen molar-refractivity contribution in [3.05, 3.63) is 23.5 Å². The van der Waals surface area contributed by atoms with Crippen LogP contribution < -0.4 is 4.74 Å². The van der Waals surface area contributed by atoms with Gasteiger partial charge in [-0.1, -0.05) is 0 Å². The first kappa shape index (κ1) is 12.8. The van der Waals surface area contributed by atoms with E-state index in [4.69, 9.17) is 9.47 Å². The summed E-state index contributed by atoms with van der Waals surface area (Å²) in [6, 6.07) is 1.74. The van der Waals surface area contributed by atoms with E-state index in [2.05, 4.69) is 4.98 Å². The highest BCUT2D eigenvalue weighted by atomic mass is 16.5. The molecule has 2 rings (SSSR count). The van der Waals surface area contributed by atoms with Crippen LogP contribution in [-0.4, -0.2) is 48.7 Å². The standard InChI is InChI=1S/C13H18N2O3/c1-9-8-15(4-5-18-9)13(16)11-6-12(17-3)10(2)14-7-11/h6-7,9H,4-5,8H2,1-3H3. The van der Waals surface area contributed by atoms with Gasteiger partial charge < -0.3 is 14.4 Å². The molecule has 1 aromatic rings. The summed E-state index contributed by atoms with van der Waals surface area (Å²) in [6.45, 7) is 5.65. The van der Waals surface area contributed by atoms with Crippen molar-refractivity contribution >= 4 is 5.91 Å². The minimum absolute atomic E-state index is 0.0176. The number of carbonyl (C=O) groups is 1. The summed E-state index contributed by atoms with van der Waals surface area (Å²) in [6.07, 6.45) is 1.68. The maximum absolute atomic E-state index is 12.3. The minimum atomic E-state index is -0.0176. The number of hydrogen-bond donors (Lipinski definition) is 0. The van der Waals surface area contributed by atoms with Crippen LogP contribution in [0.1, 0.15) is 23.0 Å². The third kappa shape index (κ3) is 2.61. The van der Waals surface area contributed by atoms with Gasteiger partial charge in [-0.3, -0.25) is 9.78 Å². The number of nitrogens with zero attached hydrogens (tertiary/aromatic N) is 2. The van der Waals surface area contributed by atoms with E-state index in [9.17, 15) is 4.79 Å². The van der Waals surface area contributed by atoms with Crippen LogP contribution in [0.2, 0.25) is 0 Å². The van der Waals surface area contributed by atoms with E-state index < -0.39 is 0 Å². The van der Waals surface area contributed by atoms with Gasteiger partial charge in [-0.25, -0.2) is 0 Å². The van der Waals surface area contributed by atoms with Crippen molar-refractivity contribution in [2.45, 2.75) is 20.0 Å². The van der Waals surface area contributed by atoms with E-state index in [0.717, 1.165) is 5.69 Å². The van der Waals surface area contributed by atoms with Crippen molar-refractivity contribution in [2.24, 2.45) is 0 Å². The average Bonchev–Trinajstić information content (AvgIpc) is 2.38. The number of pyridine rings is 1. The first-order chi connectivity index (χ1) is 8.61. The van der Waals surface area contributed by atoms with Crippen molar-refractivity contribution in [1.29, 1.82) is 0 Å². The van der Waals surface area contributed by atoms with E-state index in [0.29, 0.717) is 31.0 Å². The number of hydrogen-bond acceptors (Lipinski definition) is 4. The lowest BCUT2D eigenvalue weighted by Crippen LogP contribution is -2.44. The Morgan fingerprint density at radius 1 is 1.61 bits per heavy atom. The van der Waals surface area contributed by atoms with Gasteiger partial charge in [0, 0.05) is 19.3 Å². The number of carbonyl (C=O) groups excluding carboxylic acids is 1. The van der Waals surface area contributed by atoms with Crippen molar-refractivity contribution in [3.8, 4) is 5.75 Å². The smallest absolute Gasteiger partial charge is 0.255 e. The molecule has 2 heterocycles. The Bertz CT molecular complexity index is 448. The molecule has 18 heavy (non-hydrogen) atoms. The van der Waals surface area contributed by atoms with Crippen LogP contribution >= 0.6 is 0 Å². The van der Waals surface area contributed by atoms with Crippen LogP contribution in [0, 0.1) is 6.92 Å². The molecule has 0 saturated carbocycles. The third-order valence-corrected chi connectivity index (χ3v) is 3.04. The number of aromatic nitrogens is 1. The van der Waals surface area contributed by atoms with Gasteiger partial charge in [0.2, 0.25) is 0 Å². The zero-order chi connectivity index (χ0) is 13.1. The molecule has 1 aromatic heterocycles. The van der Waals surface area contributed by atoms with Gasteiger partial charge in [0.25, 0.3) is 5.91 Å². The topological polar surface area (TPSA) is 51.7 Å². The fourth-order valence-electron chi connectivity index (χ4n) is 2.02. The quantitative estimate of drug-likeness (QED) is 0.793. The van der Waals surface area contributed by atoms with Gasteiger partial charge in [0.15, 0.2) is 0 Å². The lowest BCUT2D eigenvalue weighted by Gasteiger charge is -2.31. The SMILES string of the molecule is COc1cc(C(=O)N2CCOC(C)C2)cnc1C. The maximum Gasteiger partial charge on any atom is 0.255 e. The highest BCUT2D eigenvalue weighted by Gasteiger charge is 2.23. The minimum Gasteiger partial charge on any atom is -0.495 e. The molecule has 0 spiro atoms. The Labute approximate surface area is 107 Å². The van der Waals surface area contributed by atoms with Gasteiger partial charge in [0.1, 0.15) is 5.75 Å². The summed E-state index contributed by atoms with van der Waals surface area (Å²) in [5.74, 6) is 0.623. The summed E-state index contributed by atoms with van der Waals surface area (Å²) < 4.78 is 10.6. The summed E-state index contributed by atoms with van der Waals surface area (Å²) >= 11 is 0. The number of amides is 1. The molecular formula is C13H18N2O3. The molecule has 1 fully saturated rings. The van der Waals surface area contributed by atoms with Gasteiger partial charge in [0.05, 0.1) is 31.1 Å². The number of aryl methyl sites for hydroxylation is 1. The summed E-state index contributed by atoms with van der Waals surface area (Å²) in [5, 5.41) is 0. The molecule has 5 heteroatoms. The Balaban J connectivity index is 2.17. The first-order valence-corrected chi connectivity index (χ1v) is 6.03. The molecule has 5 nitrogen and oxygen atoms in total. The van der Waals surface area contributed by atoms with E-state index in [1.807, 2.05) is 13.8 Å². The monoisotopic (exact) mass is 250 g/mol. The molecule has 0 radical (unpaired) electrons. The molecule has 0 aliphatic carbocycles. The fourth-order valence-corrected chi connectivity index (χ4v) is 2.02. The van der Waals surface area contributed by atoms with Gasteiger partial charge in [-0.05, 0) is 19.9 Å². The maximum atomic E-state index is 12.3. The largest absolute Gasteiger partial charge is 0.495 e. The number of ether oxygens (including phenoxy) is 2. The normalized spacial score (nSPS) is 19.7. The molecule has 1 saturated heterocycles. The number of morpholine rings is 1. The zero-order valence-electron chi connectivity index (χ0n) is 11.0. The number of rotatable bonds is 2. The zero-order valence-corrected chi connectivity index (χ0v) is 11.0. The second-order valence-corrected chi connectivity index (χ2v) is 4.44. The molecule has 0 bridgehead atoms. The first-order valence-electron chi connectivity index (χ1n) is 6.03. The van der Waals surface area contributed by atoms with E-state index in [1.165, 1.54) is 0 Å². The summed E-state index contributed by atoms with van der Waals surface area (Å²) in [4.78, 5) is 18.3. The van der Waals surface area contributed by atoms with Crippen LogP contribution in [-0.2, 0) is 4.74 Å². The van der Waals surface area contributed by atoms with Gasteiger partial charge >= 0.3 is 0 Å². The van der Waals surface area contributed by atoms with Crippen LogP contribution in [0.15, 0.2) is 12.3 Å². The Hall–Kier alpha value is -1.62. The van der Waals surface area contributed by atoms with Crippen LogP contribution in [0.4, 0.5) is 0 Å². The lowest BCUT2D eigenvalue weighted by molar-refractivity contribution is -0.0124. The molecule has 1 atom stereocenters. The van der Waals surface area contributed by atoms with E-state index in [1.54, 1.807) is 24.3 Å². The Morgan fingerprint density at radius 3 is 3.06 bits per heavy atom. The second-order valence-electron chi connectivity index (χ2n) is 4.44. The Morgan fingerprint density at radius 2 is 2.39 bits per heavy atom. The van der Waals surface area contributed by atoms with E-state index in [-0.39, 0.29) is 12.0 Å². The molecule has 1 aliphatic rings. The summed E-state index contributed by atoms with van der Waals surface area (Å²) in [7, 11) is 1.58. The predicted molar refractivity (Wildman–Crippen MR) is 66.8 cm³/mol. The van der Waals surface area contributed by atoms with Crippen LogP contribution in [0.25, 0.3) is 0 Å². The van der Waals surface area contributed by atoms with Crippen molar-refractivity contribution < 1.29 is 14.3 Å². The van der Waals surface area contributed by atoms with Crippen LogP contribution in [0.3, 0.4) is 0 Å². The average molecular weight is 250 g/mol. The molecule has 98 valence electrons. The second kappa shape index (κ2) is 5.35. The molecular weight excluding hydrogens is 232 g/mol. The summed E-state index contributed by atoms with van der Waals surface area (Å²) in [5.41, 5.74) is 1.34. The highest BCUT2D eigenvalue weighted by molar-refractivity contribution is 5.94. The highest BCUT2D eigenvalue weighted by Crippen LogP contribution is 2.18.